The Morgan fingerprint density at radius 2 is 2.00 bits per heavy atom. The molecule has 0 aliphatic carbocycles. The number of amides is 1. The molecule has 0 saturated carbocycles. The third-order valence-electron chi connectivity index (χ3n) is 4.60. The Hall–Kier alpha value is -2.07. The summed E-state index contributed by atoms with van der Waals surface area (Å²) in [4.78, 5) is 14.5. The van der Waals surface area contributed by atoms with Crippen molar-refractivity contribution in [3.8, 4) is 0 Å². The predicted molar refractivity (Wildman–Crippen MR) is 87.6 cm³/mol. The normalized spacial score (nSPS) is 16.0. The summed E-state index contributed by atoms with van der Waals surface area (Å²) in [6.07, 6.45) is 3.95. The molecule has 1 aromatic carbocycles. The van der Waals surface area contributed by atoms with E-state index in [1.807, 2.05) is 34.8 Å². The Morgan fingerprint density at radius 3 is 2.64 bits per heavy atom. The lowest BCUT2D eigenvalue weighted by Gasteiger charge is -2.32. The van der Waals surface area contributed by atoms with E-state index in [0.717, 1.165) is 31.6 Å². The number of carbonyl (C=O) groups excluding carboxylic acids is 1. The van der Waals surface area contributed by atoms with Crippen LogP contribution >= 0.6 is 0 Å². The number of aromatic nitrogens is 1. The highest BCUT2D eigenvalue weighted by Gasteiger charge is 2.25. The smallest absolute Gasteiger partial charge is 0.270 e. The van der Waals surface area contributed by atoms with Crippen LogP contribution in [0.4, 0.5) is 0 Å². The summed E-state index contributed by atoms with van der Waals surface area (Å²) in [5.74, 6) is 0.672. The number of benzene rings is 1. The first-order valence-electron chi connectivity index (χ1n) is 7.88. The number of hydrogen-bond donors (Lipinski definition) is 1. The Morgan fingerprint density at radius 1 is 1.23 bits per heavy atom. The molecule has 0 spiro atoms. The second-order valence-corrected chi connectivity index (χ2v) is 6.02. The van der Waals surface area contributed by atoms with Gasteiger partial charge in [-0.1, -0.05) is 24.3 Å². The summed E-state index contributed by atoms with van der Waals surface area (Å²) in [6.45, 7) is 2.22. The van der Waals surface area contributed by atoms with E-state index >= 15 is 0 Å². The molecule has 1 aliphatic rings. The third kappa shape index (κ3) is 2.92. The minimum absolute atomic E-state index is 0.140. The molecule has 2 heterocycles. The lowest BCUT2D eigenvalue weighted by Crippen LogP contribution is -2.38. The van der Waals surface area contributed by atoms with E-state index in [0.29, 0.717) is 12.5 Å². The minimum atomic E-state index is 0.140. The summed E-state index contributed by atoms with van der Waals surface area (Å²) >= 11 is 0. The molecule has 1 aromatic heterocycles. The summed E-state index contributed by atoms with van der Waals surface area (Å²) in [5, 5.41) is 0. The zero-order valence-electron chi connectivity index (χ0n) is 13.0. The number of hydrogen-bond acceptors (Lipinski definition) is 2. The molecule has 4 nitrogen and oxygen atoms in total. The van der Waals surface area contributed by atoms with Crippen molar-refractivity contribution in [2.75, 3.05) is 13.1 Å². The van der Waals surface area contributed by atoms with Gasteiger partial charge in [-0.3, -0.25) is 4.79 Å². The van der Waals surface area contributed by atoms with Crippen molar-refractivity contribution in [3.63, 3.8) is 0 Å². The molecular formula is C18H23N3O. The first kappa shape index (κ1) is 14.9. The van der Waals surface area contributed by atoms with Gasteiger partial charge in [-0.2, -0.15) is 0 Å². The van der Waals surface area contributed by atoms with Gasteiger partial charge in [0, 0.05) is 32.9 Å². The molecule has 1 saturated heterocycles. The van der Waals surface area contributed by atoms with E-state index in [4.69, 9.17) is 5.73 Å². The standard InChI is InChI=1S/C18H23N3O/c1-20-9-3-6-17(20)18(22)21-10-7-15(8-11-21)16-5-2-4-14(12-16)13-19/h2-6,9,12,15H,7-8,10-11,13,19H2,1H3. The molecule has 0 unspecified atom stereocenters. The Balaban J connectivity index is 1.65. The molecule has 22 heavy (non-hydrogen) atoms. The number of nitrogens with zero attached hydrogens (tertiary/aromatic N) is 2. The average Bonchev–Trinajstić information content (AvgIpc) is 3.00. The zero-order chi connectivity index (χ0) is 15.5. The number of carbonyl (C=O) groups is 1. The van der Waals surface area contributed by atoms with E-state index in [1.54, 1.807) is 0 Å². The minimum Gasteiger partial charge on any atom is -0.347 e. The van der Waals surface area contributed by atoms with E-state index in [-0.39, 0.29) is 5.91 Å². The largest absolute Gasteiger partial charge is 0.347 e. The van der Waals surface area contributed by atoms with Gasteiger partial charge in [0.1, 0.15) is 5.69 Å². The van der Waals surface area contributed by atoms with Gasteiger partial charge in [-0.15, -0.1) is 0 Å². The van der Waals surface area contributed by atoms with Crippen molar-refractivity contribution in [1.29, 1.82) is 0 Å². The number of aryl methyl sites for hydroxylation is 1. The van der Waals surface area contributed by atoms with Crippen LogP contribution in [0, 0.1) is 0 Å². The fourth-order valence-corrected chi connectivity index (χ4v) is 3.24. The van der Waals surface area contributed by atoms with Gasteiger partial charge in [-0.25, -0.2) is 0 Å². The second-order valence-electron chi connectivity index (χ2n) is 6.02. The molecular weight excluding hydrogens is 274 g/mol. The maximum Gasteiger partial charge on any atom is 0.270 e. The van der Waals surface area contributed by atoms with Gasteiger partial charge in [-0.05, 0) is 42.0 Å². The topological polar surface area (TPSA) is 51.3 Å². The van der Waals surface area contributed by atoms with Crippen LogP contribution in [0.3, 0.4) is 0 Å². The van der Waals surface area contributed by atoms with Gasteiger partial charge in [0.2, 0.25) is 0 Å². The predicted octanol–water partition coefficient (Wildman–Crippen LogP) is 2.50. The highest BCUT2D eigenvalue weighted by Crippen LogP contribution is 2.29. The lowest BCUT2D eigenvalue weighted by molar-refractivity contribution is 0.0703. The number of piperidine rings is 1. The highest BCUT2D eigenvalue weighted by atomic mass is 16.2. The molecule has 1 amide bonds. The maximum absolute atomic E-state index is 12.5. The van der Waals surface area contributed by atoms with Crippen molar-refractivity contribution in [1.82, 2.24) is 9.47 Å². The quantitative estimate of drug-likeness (QED) is 0.946. The zero-order valence-corrected chi connectivity index (χ0v) is 13.0. The van der Waals surface area contributed by atoms with Gasteiger partial charge < -0.3 is 15.2 Å². The summed E-state index contributed by atoms with van der Waals surface area (Å²) in [5.41, 5.74) is 9.03. The first-order chi connectivity index (χ1) is 10.7. The molecule has 0 atom stereocenters. The van der Waals surface area contributed by atoms with Crippen molar-refractivity contribution >= 4 is 5.91 Å². The van der Waals surface area contributed by atoms with Crippen LogP contribution in [-0.2, 0) is 13.6 Å². The van der Waals surface area contributed by atoms with E-state index in [2.05, 4.69) is 24.3 Å². The van der Waals surface area contributed by atoms with Crippen LogP contribution in [0.15, 0.2) is 42.6 Å². The van der Waals surface area contributed by atoms with Crippen LogP contribution in [0.25, 0.3) is 0 Å². The maximum atomic E-state index is 12.5. The van der Waals surface area contributed by atoms with Crippen LogP contribution in [0.5, 0.6) is 0 Å². The van der Waals surface area contributed by atoms with E-state index < -0.39 is 0 Å². The van der Waals surface area contributed by atoms with Crippen molar-refractivity contribution in [3.05, 3.63) is 59.4 Å². The van der Waals surface area contributed by atoms with Crippen molar-refractivity contribution < 1.29 is 4.79 Å². The fourth-order valence-electron chi connectivity index (χ4n) is 3.24. The van der Waals surface area contributed by atoms with Crippen molar-refractivity contribution in [2.24, 2.45) is 12.8 Å². The average molecular weight is 297 g/mol. The lowest BCUT2D eigenvalue weighted by atomic mass is 9.88. The number of nitrogens with two attached hydrogens (primary N) is 1. The highest BCUT2D eigenvalue weighted by molar-refractivity contribution is 5.92. The van der Waals surface area contributed by atoms with Crippen molar-refractivity contribution in [2.45, 2.75) is 25.3 Å². The molecule has 2 N–H and O–H groups in total. The summed E-state index contributed by atoms with van der Waals surface area (Å²) in [6, 6.07) is 12.3. The van der Waals surface area contributed by atoms with Gasteiger partial charge in [0.25, 0.3) is 5.91 Å². The number of rotatable bonds is 3. The van der Waals surface area contributed by atoms with E-state index in [9.17, 15) is 4.79 Å². The summed E-state index contributed by atoms with van der Waals surface area (Å²) < 4.78 is 1.89. The Kier molecular flexibility index (Phi) is 4.29. The molecule has 0 bridgehead atoms. The van der Waals surface area contributed by atoms with Crippen LogP contribution in [-0.4, -0.2) is 28.5 Å². The molecule has 2 aromatic rings. The van der Waals surface area contributed by atoms with E-state index in [1.165, 1.54) is 11.1 Å². The van der Waals surface area contributed by atoms with Gasteiger partial charge in [0.05, 0.1) is 0 Å². The SMILES string of the molecule is Cn1cccc1C(=O)N1CCC(c2cccc(CN)c2)CC1. The van der Waals surface area contributed by atoms with Gasteiger partial charge in [0.15, 0.2) is 0 Å². The molecule has 3 rings (SSSR count). The second kappa shape index (κ2) is 6.36. The van der Waals surface area contributed by atoms with Crippen LogP contribution < -0.4 is 5.73 Å². The van der Waals surface area contributed by atoms with Gasteiger partial charge >= 0.3 is 0 Å². The molecule has 1 aliphatic heterocycles. The molecule has 0 radical (unpaired) electrons. The van der Waals surface area contributed by atoms with Crippen LogP contribution in [0.2, 0.25) is 0 Å². The molecule has 116 valence electrons. The van der Waals surface area contributed by atoms with Crippen LogP contribution in [0.1, 0.15) is 40.4 Å². The summed E-state index contributed by atoms with van der Waals surface area (Å²) in [7, 11) is 1.91. The third-order valence-corrected chi connectivity index (χ3v) is 4.60. The fraction of sp³-hybridized carbons (Fsp3) is 0.389. The molecule has 4 heteroatoms. The Bertz CT molecular complexity index is 654. The first-order valence-corrected chi connectivity index (χ1v) is 7.88. The monoisotopic (exact) mass is 297 g/mol. The molecule has 1 fully saturated rings. The number of likely N-dealkylation sites (tertiary alicyclic amines) is 1. The Labute approximate surface area is 131 Å².